The summed E-state index contributed by atoms with van der Waals surface area (Å²) in [5, 5.41) is 20.0. The monoisotopic (exact) mass is 437 g/mol. The van der Waals surface area contributed by atoms with Crippen LogP contribution in [0.25, 0.3) is 11.0 Å². The number of nitrogens with zero attached hydrogens (tertiary/aromatic N) is 3. The Bertz CT molecular complexity index is 1350. The van der Waals surface area contributed by atoms with Gasteiger partial charge in [-0.1, -0.05) is 23.9 Å². The second-order valence-corrected chi connectivity index (χ2v) is 8.17. The molecule has 0 fully saturated rings. The van der Waals surface area contributed by atoms with Gasteiger partial charge < -0.3 is 23.6 Å². The smallest absolute Gasteiger partial charge is 0.336 e. The molecule has 1 aliphatic heterocycles. The Labute approximate surface area is 181 Å². The highest BCUT2D eigenvalue weighted by Crippen LogP contribution is 2.36. The summed E-state index contributed by atoms with van der Waals surface area (Å²) in [5.74, 6) is 2.64. The number of thioether (sulfide) groups is 1. The van der Waals surface area contributed by atoms with E-state index in [1.54, 1.807) is 19.1 Å². The summed E-state index contributed by atoms with van der Waals surface area (Å²) in [4.78, 5) is 12.0. The van der Waals surface area contributed by atoms with Crippen LogP contribution in [0.4, 0.5) is 0 Å². The van der Waals surface area contributed by atoms with Gasteiger partial charge in [-0.25, -0.2) is 4.79 Å². The fraction of sp³-hybridized carbons (Fsp3) is 0.227. The van der Waals surface area contributed by atoms with E-state index in [9.17, 15) is 9.90 Å². The molecule has 1 atom stereocenters. The normalized spacial score (nSPS) is 15.4. The number of aryl methyl sites for hydroxylation is 1. The molecule has 0 saturated heterocycles. The number of ether oxygens (including phenoxy) is 2. The van der Waals surface area contributed by atoms with E-state index in [0.717, 1.165) is 10.9 Å². The third-order valence-electron chi connectivity index (χ3n) is 5.24. The minimum absolute atomic E-state index is 0.0923. The number of rotatable bonds is 4. The molecule has 8 nitrogen and oxygen atoms in total. The maximum atomic E-state index is 12.0. The topological polar surface area (TPSA) is 99.6 Å². The minimum atomic E-state index is -0.457. The summed E-state index contributed by atoms with van der Waals surface area (Å²) in [6.45, 7) is 2.07. The predicted molar refractivity (Wildman–Crippen MR) is 115 cm³/mol. The molecule has 5 rings (SSSR count). The molecule has 0 saturated carbocycles. The zero-order valence-electron chi connectivity index (χ0n) is 16.9. The van der Waals surface area contributed by atoms with Gasteiger partial charge in [-0.3, -0.25) is 0 Å². The molecule has 1 N–H and O–H groups in total. The molecular weight excluding hydrogens is 418 g/mol. The van der Waals surface area contributed by atoms with Crippen LogP contribution in [0.5, 0.6) is 17.2 Å². The second kappa shape index (κ2) is 7.66. The largest absolute Gasteiger partial charge is 0.508 e. The summed E-state index contributed by atoms with van der Waals surface area (Å²) in [5.41, 5.74) is 1.28. The first kappa shape index (κ1) is 19.5. The van der Waals surface area contributed by atoms with Crippen LogP contribution in [0.15, 0.2) is 56.8 Å². The number of phenols is 1. The van der Waals surface area contributed by atoms with E-state index >= 15 is 0 Å². The van der Waals surface area contributed by atoms with E-state index in [2.05, 4.69) is 10.2 Å². The SMILES string of the molecule is Cc1c(O)ccc2c(CSc3nnc(C4COc5ccccc5O4)n3C)cc(=O)oc12. The van der Waals surface area contributed by atoms with Crippen molar-refractivity contribution in [3.05, 3.63) is 69.8 Å². The number of aromatic hydroxyl groups is 1. The summed E-state index contributed by atoms with van der Waals surface area (Å²) >= 11 is 1.45. The van der Waals surface area contributed by atoms with Crippen molar-refractivity contribution in [2.75, 3.05) is 6.61 Å². The standard InChI is InChI=1S/C22H19N3O5S/c1-12-15(26)8-7-14-13(9-19(27)30-20(12)14)11-31-22-24-23-21(25(22)2)18-10-28-16-5-3-4-6-17(16)29-18/h3-9,18,26H,10-11H2,1-2H3. The lowest BCUT2D eigenvalue weighted by atomic mass is 10.1. The predicted octanol–water partition coefficient (Wildman–Crippen LogP) is 3.74. The van der Waals surface area contributed by atoms with Gasteiger partial charge in [0.15, 0.2) is 28.6 Å². The second-order valence-electron chi connectivity index (χ2n) is 7.23. The van der Waals surface area contributed by atoms with E-state index in [1.807, 2.05) is 35.9 Å². The molecule has 2 aromatic heterocycles. The van der Waals surface area contributed by atoms with E-state index in [-0.39, 0.29) is 11.9 Å². The van der Waals surface area contributed by atoms with Gasteiger partial charge in [0.05, 0.1) is 0 Å². The maximum Gasteiger partial charge on any atom is 0.336 e. The highest BCUT2D eigenvalue weighted by atomic mass is 32.2. The maximum absolute atomic E-state index is 12.0. The van der Waals surface area contributed by atoms with Gasteiger partial charge in [-0.05, 0) is 36.8 Å². The molecule has 0 bridgehead atoms. The van der Waals surface area contributed by atoms with Gasteiger partial charge in [0, 0.05) is 29.8 Å². The fourth-order valence-electron chi connectivity index (χ4n) is 3.56. The lowest BCUT2D eigenvalue weighted by molar-refractivity contribution is 0.0825. The Hall–Kier alpha value is -3.46. The van der Waals surface area contributed by atoms with Crippen molar-refractivity contribution in [3.63, 3.8) is 0 Å². The molecule has 1 unspecified atom stereocenters. The van der Waals surface area contributed by atoms with Gasteiger partial charge in [-0.15, -0.1) is 10.2 Å². The molecule has 1 aliphatic rings. The Kier molecular flexibility index (Phi) is 4.82. The van der Waals surface area contributed by atoms with Crippen LogP contribution in [-0.4, -0.2) is 26.5 Å². The lowest BCUT2D eigenvalue weighted by Gasteiger charge is -2.25. The first-order chi connectivity index (χ1) is 15.0. The van der Waals surface area contributed by atoms with Gasteiger partial charge in [0.25, 0.3) is 0 Å². The van der Waals surface area contributed by atoms with Crippen LogP contribution >= 0.6 is 11.8 Å². The molecule has 0 radical (unpaired) electrons. The van der Waals surface area contributed by atoms with Gasteiger partial charge in [-0.2, -0.15) is 0 Å². The number of phenolic OH excluding ortho intramolecular Hbond substituents is 1. The first-order valence-electron chi connectivity index (χ1n) is 9.67. The molecule has 2 aromatic carbocycles. The summed E-state index contributed by atoms with van der Waals surface area (Å²) in [6, 6.07) is 12.3. The molecule has 3 heterocycles. The van der Waals surface area contributed by atoms with Crippen LogP contribution in [0.1, 0.15) is 23.1 Å². The quantitative estimate of drug-likeness (QED) is 0.381. The average Bonchev–Trinajstić information content (AvgIpc) is 3.15. The zero-order chi connectivity index (χ0) is 21.5. The Morgan fingerprint density at radius 3 is 2.84 bits per heavy atom. The van der Waals surface area contributed by atoms with Gasteiger partial charge in [0.2, 0.25) is 0 Å². The number of aromatic nitrogens is 3. The number of fused-ring (bicyclic) bond motifs is 2. The molecule has 0 spiro atoms. The van der Waals surface area contributed by atoms with Crippen molar-refractivity contribution in [3.8, 4) is 17.2 Å². The van der Waals surface area contributed by atoms with E-state index in [1.165, 1.54) is 17.8 Å². The van der Waals surface area contributed by atoms with Gasteiger partial charge in [0.1, 0.15) is 17.9 Å². The number of hydrogen-bond acceptors (Lipinski definition) is 8. The average molecular weight is 437 g/mol. The van der Waals surface area contributed by atoms with E-state index in [0.29, 0.717) is 46.0 Å². The molecule has 4 aromatic rings. The fourth-order valence-corrected chi connectivity index (χ4v) is 4.47. The highest BCUT2D eigenvalue weighted by molar-refractivity contribution is 7.98. The van der Waals surface area contributed by atoms with Crippen molar-refractivity contribution >= 4 is 22.7 Å². The molecule has 9 heteroatoms. The van der Waals surface area contributed by atoms with Crippen LogP contribution < -0.4 is 15.1 Å². The summed E-state index contributed by atoms with van der Waals surface area (Å²) in [6.07, 6.45) is -0.364. The number of hydrogen-bond donors (Lipinski definition) is 1. The molecule has 31 heavy (non-hydrogen) atoms. The Morgan fingerprint density at radius 1 is 1.19 bits per heavy atom. The van der Waals surface area contributed by atoms with Crippen molar-refractivity contribution in [1.29, 1.82) is 0 Å². The number of para-hydroxylation sites is 2. The number of benzene rings is 2. The zero-order valence-corrected chi connectivity index (χ0v) is 17.7. The van der Waals surface area contributed by atoms with Crippen molar-refractivity contribution in [2.24, 2.45) is 7.05 Å². The van der Waals surface area contributed by atoms with Crippen LogP contribution in [0, 0.1) is 6.92 Å². The van der Waals surface area contributed by atoms with E-state index < -0.39 is 5.63 Å². The molecule has 0 aliphatic carbocycles. The Balaban J connectivity index is 1.39. The minimum Gasteiger partial charge on any atom is -0.508 e. The van der Waals surface area contributed by atoms with Crippen LogP contribution in [0.3, 0.4) is 0 Å². The summed E-state index contributed by atoms with van der Waals surface area (Å²) < 4.78 is 19.0. The van der Waals surface area contributed by atoms with Crippen LogP contribution in [-0.2, 0) is 12.8 Å². The third kappa shape index (κ3) is 3.50. The Morgan fingerprint density at radius 2 is 2.00 bits per heavy atom. The molecular formula is C22H19N3O5S. The van der Waals surface area contributed by atoms with Crippen LogP contribution in [0.2, 0.25) is 0 Å². The highest BCUT2D eigenvalue weighted by Gasteiger charge is 2.27. The lowest BCUT2D eigenvalue weighted by Crippen LogP contribution is -2.24. The summed E-state index contributed by atoms with van der Waals surface area (Å²) in [7, 11) is 1.88. The first-order valence-corrected chi connectivity index (χ1v) is 10.7. The molecule has 158 valence electrons. The van der Waals surface area contributed by atoms with Crippen molar-refractivity contribution in [2.45, 2.75) is 23.9 Å². The van der Waals surface area contributed by atoms with Crippen molar-refractivity contribution < 1.29 is 19.0 Å². The third-order valence-corrected chi connectivity index (χ3v) is 6.31. The van der Waals surface area contributed by atoms with E-state index in [4.69, 9.17) is 13.9 Å². The molecule has 0 amide bonds. The van der Waals surface area contributed by atoms with Gasteiger partial charge >= 0.3 is 5.63 Å². The van der Waals surface area contributed by atoms with Crippen molar-refractivity contribution in [1.82, 2.24) is 14.8 Å².